The van der Waals surface area contributed by atoms with Crippen LogP contribution in [0, 0.1) is 5.92 Å². The molecule has 1 aromatic heterocycles. The molecule has 15 heavy (non-hydrogen) atoms. The van der Waals surface area contributed by atoms with E-state index >= 15 is 0 Å². The van der Waals surface area contributed by atoms with E-state index in [9.17, 15) is 0 Å². The maximum absolute atomic E-state index is 5.69. The van der Waals surface area contributed by atoms with Gasteiger partial charge >= 0.3 is 0 Å². The smallest absolute Gasteiger partial charge is 0.120 e. The van der Waals surface area contributed by atoms with Gasteiger partial charge in [0.25, 0.3) is 0 Å². The van der Waals surface area contributed by atoms with Gasteiger partial charge in [0, 0.05) is 6.42 Å². The van der Waals surface area contributed by atoms with Crippen LogP contribution in [0.2, 0.25) is 0 Å². The molecule has 0 bridgehead atoms. The van der Waals surface area contributed by atoms with E-state index in [0.29, 0.717) is 6.04 Å². The van der Waals surface area contributed by atoms with Gasteiger partial charge in [0.05, 0.1) is 6.04 Å². The third kappa shape index (κ3) is 4.08. The van der Waals surface area contributed by atoms with Crippen LogP contribution in [0.3, 0.4) is 0 Å². The van der Waals surface area contributed by atoms with E-state index in [0.717, 1.165) is 30.4 Å². The van der Waals surface area contributed by atoms with Crippen molar-refractivity contribution in [2.45, 2.75) is 46.6 Å². The van der Waals surface area contributed by atoms with Gasteiger partial charge in [-0.2, -0.15) is 0 Å². The minimum atomic E-state index is 0.323. The van der Waals surface area contributed by atoms with Crippen molar-refractivity contribution in [3.63, 3.8) is 0 Å². The van der Waals surface area contributed by atoms with Gasteiger partial charge in [-0.3, -0.25) is 0 Å². The highest BCUT2D eigenvalue weighted by atomic mass is 16.3. The highest BCUT2D eigenvalue weighted by Gasteiger charge is 2.09. The summed E-state index contributed by atoms with van der Waals surface area (Å²) in [6.45, 7) is 9.81. The molecule has 0 aliphatic rings. The Morgan fingerprint density at radius 2 is 2.00 bits per heavy atom. The van der Waals surface area contributed by atoms with Crippen LogP contribution in [0.5, 0.6) is 0 Å². The molecule has 1 unspecified atom stereocenters. The minimum Gasteiger partial charge on any atom is -0.464 e. The third-order valence-corrected chi connectivity index (χ3v) is 2.63. The van der Waals surface area contributed by atoms with Crippen LogP contribution in [0.25, 0.3) is 0 Å². The highest BCUT2D eigenvalue weighted by Crippen LogP contribution is 2.16. The second kappa shape index (κ2) is 5.96. The maximum Gasteiger partial charge on any atom is 0.120 e. The Morgan fingerprint density at radius 1 is 1.27 bits per heavy atom. The molecule has 1 aromatic rings. The normalized spacial score (nSPS) is 13.4. The van der Waals surface area contributed by atoms with Gasteiger partial charge in [-0.25, -0.2) is 0 Å². The number of aryl methyl sites for hydroxylation is 1. The Morgan fingerprint density at radius 3 is 2.53 bits per heavy atom. The first-order chi connectivity index (χ1) is 7.13. The van der Waals surface area contributed by atoms with Crippen molar-refractivity contribution in [1.82, 2.24) is 5.32 Å². The molecule has 2 heteroatoms. The first-order valence-electron chi connectivity index (χ1n) is 5.95. The van der Waals surface area contributed by atoms with Crippen LogP contribution in [0.15, 0.2) is 16.5 Å². The Hall–Kier alpha value is -0.760. The van der Waals surface area contributed by atoms with Crippen molar-refractivity contribution < 1.29 is 4.42 Å². The monoisotopic (exact) mass is 209 g/mol. The van der Waals surface area contributed by atoms with E-state index in [1.807, 2.05) is 0 Å². The quantitative estimate of drug-likeness (QED) is 0.775. The molecule has 0 aromatic carbocycles. The summed E-state index contributed by atoms with van der Waals surface area (Å²) < 4.78 is 5.69. The van der Waals surface area contributed by atoms with E-state index in [-0.39, 0.29) is 0 Å². The van der Waals surface area contributed by atoms with E-state index in [4.69, 9.17) is 4.42 Å². The number of furan rings is 1. The molecular weight excluding hydrogens is 186 g/mol. The van der Waals surface area contributed by atoms with Crippen LogP contribution in [-0.2, 0) is 6.42 Å². The van der Waals surface area contributed by atoms with Crippen LogP contribution >= 0.6 is 0 Å². The molecule has 0 aliphatic heterocycles. The predicted molar refractivity (Wildman–Crippen MR) is 64.0 cm³/mol. The molecule has 0 saturated carbocycles. The zero-order chi connectivity index (χ0) is 11.3. The summed E-state index contributed by atoms with van der Waals surface area (Å²) in [5.74, 6) is 2.88. The van der Waals surface area contributed by atoms with Crippen molar-refractivity contribution in [2.75, 3.05) is 6.54 Å². The predicted octanol–water partition coefficient (Wildman–Crippen LogP) is 3.54. The van der Waals surface area contributed by atoms with Gasteiger partial charge in [0.15, 0.2) is 0 Å². The molecule has 1 atom stereocenters. The lowest BCUT2D eigenvalue weighted by atomic mass is 10.1. The molecule has 1 heterocycles. The average Bonchev–Trinajstić information content (AvgIpc) is 2.65. The molecular formula is C13H23NO. The molecule has 0 aliphatic carbocycles. The Kier molecular flexibility index (Phi) is 4.89. The van der Waals surface area contributed by atoms with Gasteiger partial charge in [-0.05, 0) is 37.9 Å². The van der Waals surface area contributed by atoms with Crippen molar-refractivity contribution >= 4 is 0 Å². The van der Waals surface area contributed by atoms with Crippen molar-refractivity contribution in [3.8, 4) is 0 Å². The number of hydrogen-bond acceptors (Lipinski definition) is 2. The molecule has 1 N–H and O–H groups in total. The molecule has 1 rings (SSSR count). The van der Waals surface area contributed by atoms with Crippen molar-refractivity contribution in [2.24, 2.45) is 5.92 Å². The van der Waals surface area contributed by atoms with Gasteiger partial charge in [-0.15, -0.1) is 0 Å². The first-order valence-corrected chi connectivity index (χ1v) is 5.95. The van der Waals surface area contributed by atoms with Gasteiger partial charge in [0.2, 0.25) is 0 Å². The Balaban J connectivity index is 2.36. The number of rotatable bonds is 6. The fourth-order valence-electron chi connectivity index (χ4n) is 1.51. The van der Waals surface area contributed by atoms with E-state index in [1.54, 1.807) is 0 Å². The maximum atomic E-state index is 5.69. The molecule has 0 amide bonds. The van der Waals surface area contributed by atoms with Gasteiger partial charge in [-0.1, -0.05) is 20.8 Å². The average molecular weight is 209 g/mol. The zero-order valence-corrected chi connectivity index (χ0v) is 10.3. The molecule has 0 fully saturated rings. The summed E-state index contributed by atoms with van der Waals surface area (Å²) in [7, 11) is 0. The summed E-state index contributed by atoms with van der Waals surface area (Å²) in [4.78, 5) is 0. The summed E-state index contributed by atoms with van der Waals surface area (Å²) in [6.07, 6.45) is 2.18. The van der Waals surface area contributed by atoms with Crippen LogP contribution in [0.4, 0.5) is 0 Å². The highest BCUT2D eigenvalue weighted by molar-refractivity contribution is 5.09. The number of hydrogen-bond donors (Lipinski definition) is 1. The summed E-state index contributed by atoms with van der Waals surface area (Å²) in [5.41, 5.74) is 0. The third-order valence-electron chi connectivity index (χ3n) is 2.63. The molecule has 0 saturated heterocycles. The van der Waals surface area contributed by atoms with Crippen molar-refractivity contribution in [1.29, 1.82) is 0 Å². The van der Waals surface area contributed by atoms with Gasteiger partial charge in [0.1, 0.15) is 11.5 Å². The Labute approximate surface area is 93.1 Å². The molecule has 0 radical (unpaired) electrons. The van der Waals surface area contributed by atoms with Crippen LogP contribution < -0.4 is 5.32 Å². The van der Waals surface area contributed by atoms with E-state index < -0.39 is 0 Å². The first kappa shape index (κ1) is 12.3. The second-order valence-electron chi connectivity index (χ2n) is 4.52. The SMILES string of the molecule is CCc1ccc(C(C)NCCC(C)C)o1. The fraction of sp³-hybridized carbons (Fsp3) is 0.692. The van der Waals surface area contributed by atoms with E-state index in [1.165, 1.54) is 6.42 Å². The lowest BCUT2D eigenvalue weighted by Gasteiger charge is -2.12. The Bertz CT molecular complexity index is 278. The zero-order valence-electron chi connectivity index (χ0n) is 10.3. The minimum absolute atomic E-state index is 0.323. The topological polar surface area (TPSA) is 25.2 Å². The number of nitrogens with one attached hydrogen (secondary N) is 1. The van der Waals surface area contributed by atoms with E-state index in [2.05, 4.69) is 45.1 Å². The van der Waals surface area contributed by atoms with Crippen LogP contribution in [0.1, 0.15) is 51.7 Å². The lowest BCUT2D eigenvalue weighted by molar-refractivity contribution is 0.399. The second-order valence-corrected chi connectivity index (χ2v) is 4.52. The fourth-order valence-corrected chi connectivity index (χ4v) is 1.51. The van der Waals surface area contributed by atoms with Crippen LogP contribution in [-0.4, -0.2) is 6.54 Å². The van der Waals surface area contributed by atoms with Crippen molar-refractivity contribution in [3.05, 3.63) is 23.7 Å². The standard InChI is InChI=1S/C13H23NO/c1-5-12-6-7-13(15-12)11(4)14-9-8-10(2)3/h6-7,10-11,14H,5,8-9H2,1-4H3. The summed E-state index contributed by atoms with van der Waals surface area (Å²) in [5, 5.41) is 3.47. The molecule has 2 nitrogen and oxygen atoms in total. The lowest BCUT2D eigenvalue weighted by Crippen LogP contribution is -2.20. The molecule has 0 spiro atoms. The summed E-state index contributed by atoms with van der Waals surface area (Å²) in [6, 6.07) is 4.46. The largest absolute Gasteiger partial charge is 0.464 e. The summed E-state index contributed by atoms with van der Waals surface area (Å²) >= 11 is 0. The molecule has 86 valence electrons. The van der Waals surface area contributed by atoms with Gasteiger partial charge < -0.3 is 9.73 Å².